The molecule has 0 atom stereocenters. The first-order valence-corrected chi connectivity index (χ1v) is 4.31. The maximum atomic E-state index is 13.3. The number of carbonyl (C=O) groups is 1. The summed E-state index contributed by atoms with van der Waals surface area (Å²) in [7, 11) is 1.64. The van der Waals surface area contributed by atoms with E-state index in [4.69, 9.17) is 5.26 Å². The topological polar surface area (TPSA) is 64.9 Å². The Balaban J connectivity index is 3.09. The highest BCUT2D eigenvalue weighted by molar-refractivity contribution is 5.68. The molecule has 0 spiro atoms. The molecule has 2 N–H and O–H groups in total. The van der Waals surface area contributed by atoms with E-state index in [1.54, 1.807) is 7.05 Å². The van der Waals surface area contributed by atoms with E-state index in [-0.39, 0.29) is 17.8 Å². The number of hydrogen-bond donors (Lipinski definition) is 2. The third-order valence-corrected chi connectivity index (χ3v) is 1.87. The van der Waals surface area contributed by atoms with E-state index in [2.05, 4.69) is 10.6 Å². The fourth-order valence-corrected chi connectivity index (χ4v) is 1.16. The fourth-order valence-electron chi connectivity index (χ4n) is 1.16. The molecule has 5 heteroatoms. The number of rotatable bonds is 4. The minimum absolute atomic E-state index is 0.0337. The molecule has 0 aliphatic heterocycles. The molecule has 1 aromatic carbocycles. The van der Waals surface area contributed by atoms with Gasteiger partial charge in [0.2, 0.25) is 0 Å². The number of anilines is 2. The standard InChI is InChI=1S/C10H10FN3O/c1-13-9-5-10(14-2-3-15)8(11)4-7(9)6-12/h3-5,13-14H,2H2,1H3. The predicted octanol–water partition coefficient (Wildman–Crippen LogP) is 1.35. The molecular weight excluding hydrogens is 197 g/mol. The second-order valence-corrected chi connectivity index (χ2v) is 2.79. The quantitative estimate of drug-likeness (QED) is 0.731. The monoisotopic (exact) mass is 207 g/mol. The normalized spacial score (nSPS) is 9.13. The molecule has 78 valence electrons. The summed E-state index contributed by atoms with van der Waals surface area (Å²) in [5.41, 5.74) is 0.949. The number of nitriles is 1. The minimum atomic E-state index is -0.549. The third-order valence-electron chi connectivity index (χ3n) is 1.87. The van der Waals surface area contributed by atoms with Crippen LogP contribution in [0.5, 0.6) is 0 Å². The van der Waals surface area contributed by atoms with Crippen molar-refractivity contribution in [1.82, 2.24) is 0 Å². The summed E-state index contributed by atoms with van der Waals surface area (Å²) in [5, 5.41) is 14.1. The van der Waals surface area contributed by atoms with Gasteiger partial charge in [-0.25, -0.2) is 4.39 Å². The van der Waals surface area contributed by atoms with Gasteiger partial charge >= 0.3 is 0 Å². The molecule has 1 rings (SSSR count). The SMILES string of the molecule is CNc1cc(NCC=O)c(F)cc1C#N. The van der Waals surface area contributed by atoms with Crippen molar-refractivity contribution in [2.75, 3.05) is 24.2 Å². The van der Waals surface area contributed by atoms with Crippen molar-refractivity contribution < 1.29 is 9.18 Å². The van der Waals surface area contributed by atoms with Gasteiger partial charge in [-0.1, -0.05) is 0 Å². The number of benzene rings is 1. The molecule has 0 amide bonds. The number of halogens is 1. The molecule has 0 bridgehead atoms. The summed E-state index contributed by atoms with van der Waals surface area (Å²) in [4.78, 5) is 10.1. The number of aldehydes is 1. The molecule has 0 heterocycles. The number of nitrogens with zero attached hydrogens (tertiary/aromatic N) is 1. The lowest BCUT2D eigenvalue weighted by atomic mass is 10.1. The molecule has 0 radical (unpaired) electrons. The van der Waals surface area contributed by atoms with E-state index < -0.39 is 5.82 Å². The lowest BCUT2D eigenvalue weighted by molar-refractivity contribution is -0.106. The van der Waals surface area contributed by atoms with Gasteiger partial charge in [-0.05, 0) is 12.1 Å². The summed E-state index contributed by atoms with van der Waals surface area (Å²) < 4.78 is 13.3. The zero-order chi connectivity index (χ0) is 11.3. The van der Waals surface area contributed by atoms with Gasteiger partial charge in [0, 0.05) is 7.05 Å². The molecule has 0 saturated carbocycles. The van der Waals surface area contributed by atoms with Gasteiger partial charge in [-0.15, -0.1) is 0 Å². The maximum absolute atomic E-state index is 13.3. The molecule has 0 unspecified atom stereocenters. The van der Waals surface area contributed by atoms with E-state index in [1.165, 1.54) is 6.07 Å². The first-order chi connectivity index (χ1) is 7.22. The van der Waals surface area contributed by atoms with Crippen LogP contribution in [0.4, 0.5) is 15.8 Å². The number of hydrogen-bond acceptors (Lipinski definition) is 4. The predicted molar refractivity (Wildman–Crippen MR) is 55.2 cm³/mol. The molecule has 1 aromatic rings. The summed E-state index contributed by atoms with van der Waals surface area (Å²) >= 11 is 0. The van der Waals surface area contributed by atoms with Crippen LogP contribution in [-0.4, -0.2) is 19.9 Å². The maximum Gasteiger partial charge on any atom is 0.147 e. The van der Waals surface area contributed by atoms with Crippen molar-refractivity contribution in [2.24, 2.45) is 0 Å². The van der Waals surface area contributed by atoms with E-state index in [0.717, 1.165) is 6.07 Å². The Morgan fingerprint density at radius 3 is 2.80 bits per heavy atom. The highest BCUT2D eigenvalue weighted by Crippen LogP contribution is 2.23. The number of nitrogens with one attached hydrogen (secondary N) is 2. The van der Waals surface area contributed by atoms with Gasteiger partial charge in [0.15, 0.2) is 0 Å². The van der Waals surface area contributed by atoms with Crippen LogP contribution in [0.25, 0.3) is 0 Å². The van der Waals surface area contributed by atoms with Gasteiger partial charge in [0.05, 0.1) is 23.5 Å². The first kappa shape index (κ1) is 11.0. The average Bonchev–Trinajstić information content (AvgIpc) is 2.27. The molecular formula is C10H10FN3O. The smallest absolute Gasteiger partial charge is 0.147 e. The van der Waals surface area contributed by atoms with Gasteiger partial charge in [0.1, 0.15) is 18.2 Å². The lowest BCUT2D eigenvalue weighted by Crippen LogP contribution is -2.05. The van der Waals surface area contributed by atoms with Crippen LogP contribution < -0.4 is 10.6 Å². The molecule has 0 fully saturated rings. The molecule has 0 saturated heterocycles. The number of carbonyl (C=O) groups excluding carboxylic acids is 1. The van der Waals surface area contributed by atoms with Gasteiger partial charge in [0.25, 0.3) is 0 Å². The van der Waals surface area contributed by atoms with Crippen LogP contribution in [0.2, 0.25) is 0 Å². The molecule has 15 heavy (non-hydrogen) atoms. The zero-order valence-electron chi connectivity index (χ0n) is 8.17. The fraction of sp³-hybridized carbons (Fsp3) is 0.200. The van der Waals surface area contributed by atoms with Crippen molar-refractivity contribution in [2.45, 2.75) is 0 Å². The van der Waals surface area contributed by atoms with E-state index in [1.807, 2.05) is 6.07 Å². The Labute approximate surface area is 86.7 Å². The van der Waals surface area contributed by atoms with Crippen molar-refractivity contribution in [3.63, 3.8) is 0 Å². The van der Waals surface area contributed by atoms with Crippen LogP contribution in [0.15, 0.2) is 12.1 Å². The molecule has 4 nitrogen and oxygen atoms in total. The van der Waals surface area contributed by atoms with Crippen LogP contribution in [0, 0.1) is 17.1 Å². The molecule has 0 aromatic heterocycles. The average molecular weight is 207 g/mol. The summed E-state index contributed by atoms with van der Waals surface area (Å²) in [6, 6.07) is 4.45. The van der Waals surface area contributed by atoms with Gasteiger partial charge in [-0.2, -0.15) is 5.26 Å². The van der Waals surface area contributed by atoms with E-state index in [9.17, 15) is 9.18 Å². The van der Waals surface area contributed by atoms with Gasteiger partial charge in [-0.3, -0.25) is 0 Å². The van der Waals surface area contributed by atoms with Crippen molar-refractivity contribution in [1.29, 1.82) is 5.26 Å². The van der Waals surface area contributed by atoms with Crippen LogP contribution in [-0.2, 0) is 4.79 Å². The summed E-state index contributed by atoms with van der Waals surface area (Å²) in [6.07, 6.45) is 0.636. The third kappa shape index (κ3) is 2.44. The van der Waals surface area contributed by atoms with Crippen molar-refractivity contribution >= 4 is 17.7 Å². The Morgan fingerprint density at radius 2 is 2.27 bits per heavy atom. The second-order valence-electron chi connectivity index (χ2n) is 2.79. The zero-order valence-corrected chi connectivity index (χ0v) is 8.17. The van der Waals surface area contributed by atoms with Crippen molar-refractivity contribution in [3.05, 3.63) is 23.5 Å². The minimum Gasteiger partial charge on any atom is -0.387 e. The van der Waals surface area contributed by atoms with Crippen molar-refractivity contribution in [3.8, 4) is 6.07 Å². The Morgan fingerprint density at radius 1 is 1.53 bits per heavy atom. The van der Waals surface area contributed by atoms with E-state index >= 15 is 0 Å². The largest absolute Gasteiger partial charge is 0.387 e. The first-order valence-electron chi connectivity index (χ1n) is 4.31. The van der Waals surface area contributed by atoms with Crippen LogP contribution in [0.3, 0.4) is 0 Å². The molecule has 0 aliphatic rings. The Hall–Kier alpha value is -2.09. The Bertz CT molecular complexity index is 412. The summed E-state index contributed by atoms with van der Waals surface area (Å²) in [6.45, 7) is 0.0337. The Kier molecular flexibility index (Phi) is 3.63. The van der Waals surface area contributed by atoms with Crippen LogP contribution >= 0.6 is 0 Å². The highest BCUT2D eigenvalue weighted by atomic mass is 19.1. The highest BCUT2D eigenvalue weighted by Gasteiger charge is 2.07. The lowest BCUT2D eigenvalue weighted by Gasteiger charge is -2.08. The van der Waals surface area contributed by atoms with E-state index in [0.29, 0.717) is 12.0 Å². The van der Waals surface area contributed by atoms with Crippen LogP contribution in [0.1, 0.15) is 5.56 Å². The second kappa shape index (κ2) is 4.96. The summed E-state index contributed by atoms with van der Waals surface area (Å²) in [5.74, 6) is -0.549. The van der Waals surface area contributed by atoms with Gasteiger partial charge < -0.3 is 15.4 Å². The molecule has 0 aliphatic carbocycles.